The van der Waals surface area contributed by atoms with Crippen LogP contribution >= 0.6 is 15.9 Å². The van der Waals surface area contributed by atoms with Crippen LogP contribution < -0.4 is 0 Å². The first-order valence-corrected chi connectivity index (χ1v) is 4.44. The molecule has 1 aromatic carbocycles. The molecule has 2 rings (SSSR count). The fourth-order valence-corrected chi connectivity index (χ4v) is 1.86. The topological polar surface area (TPSA) is 32.9 Å². The number of aromatic amines is 1. The van der Waals surface area contributed by atoms with Crippen LogP contribution in [0.1, 0.15) is 10.5 Å². The highest BCUT2D eigenvalue weighted by Gasteiger charge is 2.11. The average Bonchev–Trinajstić information content (AvgIpc) is 2.44. The predicted molar refractivity (Wildman–Crippen MR) is 51.3 cm³/mol. The van der Waals surface area contributed by atoms with Crippen LogP contribution in [0.4, 0.5) is 4.39 Å². The lowest BCUT2D eigenvalue weighted by atomic mass is 10.2. The van der Waals surface area contributed by atoms with Gasteiger partial charge in [-0.1, -0.05) is 6.07 Å². The molecule has 0 saturated heterocycles. The summed E-state index contributed by atoms with van der Waals surface area (Å²) in [4.78, 5) is 13.3. The van der Waals surface area contributed by atoms with Crippen molar-refractivity contribution in [2.24, 2.45) is 0 Å². The van der Waals surface area contributed by atoms with Gasteiger partial charge in [0.1, 0.15) is 5.82 Å². The second-order valence-electron chi connectivity index (χ2n) is 2.63. The molecule has 1 heterocycles. The quantitative estimate of drug-likeness (QED) is 0.766. The number of fused-ring (bicyclic) bond motifs is 1. The van der Waals surface area contributed by atoms with E-state index in [0.29, 0.717) is 27.4 Å². The molecule has 0 aliphatic rings. The maximum atomic E-state index is 13.2. The van der Waals surface area contributed by atoms with Crippen LogP contribution in [-0.2, 0) is 0 Å². The van der Waals surface area contributed by atoms with Gasteiger partial charge in [-0.25, -0.2) is 4.39 Å². The molecule has 66 valence electrons. The van der Waals surface area contributed by atoms with Crippen LogP contribution in [0.2, 0.25) is 0 Å². The number of benzene rings is 1. The van der Waals surface area contributed by atoms with E-state index in [0.717, 1.165) is 0 Å². The number of aromatic nitrogens is 1. The molecule has 1 aromatic heterocycles. The molecule has 0 saturated carbocycles. The first-order chi connectivity index (χ1) is 6.24. The third kappa shape index (κ3) is 1.18. The van der Waals surface area contributed by atoms with E-state index in [9.17, 15) is 9.18 Å². The minimum absolute atomic E-state index is 0.339. The van der Waals surface area contributed by atoms with E-state index in [4.69, 9.17) is 0 Å². The lowest BCUT2D eigenvalue weighted by Gasteiger charge is -1.91. The number of hydrogen-bond acceptors (Lipinski definition) is 1. The van der Waals surface area contributed by atoms with Gasteiger partial charge in [0.05, 0.1) is 21.1 Å². The number of halogens is 2. The number of aldehydes is 1. The second kappa shape index (κ2) is 2.96. The highest BCUT2D eigenvalue weighted by atomic mass is 79.9. The highest BCUT2D eigenvalue weighted by Crippen LogP contribution is 2.28. The summed E-state index contributed by atoms with van der Waals surface area (Å²) in [6, 6.07) is 4.67. The molecule has 0 radical (unpaired) electrons. The largest absolute Gasteiger partial charge is 0.351 e. The van der Waals surface area contributed by atoms with Crippen LogP contribution in [0.15, 0.2) is 22.7 Å². The van der Waals surface area contributed by atoms with Gasteiger partial charge in [0, 0.05) is 0 Å². The summed E-state index contributed by atoms with van der Waals surface area (Å²) in [5.74, 6) is -0.339. The van der Waals surface area contributed by atoms with E-state index < -0.39 is 0 Å². The van der Waals surface area contributed by atoms with Crippen molar-refractivity contribution in [2.75, 3.05) is 0 Å². The fraction of sp³-hybridized carbons (Fsp3) is 0. The zero-order valence-electron chi connectivity index (χ0n) is 6.47. The Morgan fingerprint density at radius 3 is 2.85 bits per heavy atom. The number of H-pyrrole nitrogens is 1. The third-order valence-electron chi connectivity index (χ3n) is 1.86. The van der Waals surface area contributed by atoms with E-state index >= 15 is 0 Å². The highest BCUT2D eigenvalue weighted by molar-refractivity contribution is 9.10. The van der Waals surface area contributed by atoms with Crippen LogP contribution in [0.5, 0.6) is 0 Å². The molecule has 0 aliphatic heterocycles. The molecule has 0 bridgehead atoms. The standard InChI is InChI=1S/C9H5BrFNO/c10-9-7(4-13)12-6-3-1-2-5(11)8(6)9/h1-4,12H. The summed E-state index contributed by atoms with van der Waals surface area (Å²) in [5.41, 5.74) is 0.981. The summed E-state index contributed by atoms with van der Waals surface area (Å²) >= 11 is 3.16. The maximum absolute atomic E-state index is 13.2. The number of carbonyl (C=O) groups is 1. The van der Waals surface area contributed by atoms with Gasteiger partial charge >= 0.3 is 0 Å². The Balaban J connectivity index is 2.92. The van der Waals surface area contributed by atoms with Crippen molar-refractivity contribution < 1.29 is 9.18 Å². The molecule has 2 aromatic rings. The Labute approximate surface area is 81.9 Å². The van der Waals surface area contributed by atoms with Crippen molar-refractivity contribution in [3.05, 3.63) is 34.2 Å². The first-order valence-electron chi connectivity index (χ1n) is 3.65. The van der Waals surface area contributed by atoms with E-state index in [1.807, 2.05) is 0 Å². The van der Waals surface area contributed by atoms with Crippen molar-refractivity contribution >= 4 is 33.1 Å². The Hall–Kier alpha value is -1.16. The maximum Gasteiger partial charge on any atom is 0.167 e. The van der Waals surface area contributed by atoms with Crippen molar-refractivity contribution in [1.82, 2.24) is 4.98 Å². The third-order valence-corrected chi connectivity index (χ3v) is 2.68. The van der Waals surface area contributed by atoms with Crippen LogP contribution in [0.25, 0.3) is 10.9 Å². The Morgan fingerprint density at radius 2 is 2.23 bits per heavy atom. The van der Waals surface area contributed by atoms with Crippen molar-refractivity contribution in [2.45, 2.75) is 0 Å². The zero-order valence-corrected chi connectivity index (χ0v) is 8.06. The molecule has 1 N–H and O–H groups in total. The van der Waals surface area contributed by atoms with E-state index in [1.54, 1.807) is 12.1 Å². The number of carbonyl (C=O) groups excluding carboxylic acids is 1. The molecule has 0 fully saturated rings. The molecule has 0 atom stereocenters. The van der Waals surface area contributed by atoms with Gasteiger partial charge < -0.3 is 4.98 Å². The monoisotopic (exact) mass is 241 g/mol. The first kappa shape index (κ1) is 8.44. The van der Waals surface area contributed by atoms with Gasteiger partial charge in [-0.2, -0.15) is 0 Å². The average molecular weight is 242 g/mol. The summed E-state index contributed by atoms with van der Waals surface area (Å²) in [6.45, 7) is 0. The summed E-state index contributed by atoms with van der Waals surface area (Å²) < 4.78 is 13.7. The van der Waals surface area contributed by atoms with E-state index in [1.165, 1.54) is 6.07 Å². The molecule has 13 heavy (non-hydrogen) atoms. The lowest BCUT2D eigenvalue weighted by molar-refractivity contribution is 0.111. The second-order valence-corrected chi connectivity index (χ2v) is 3.43. The zero-order chi connectivity index (χ0) is 9.42. The van der Waals surface area contributed by atoms with Crippen molar-refractivity contribution in [3.8, 4) is 0 Å². The fourth-order valence-electron chi connectivity index (χ4n) is 1.27. The summed E-state index contributed by atoms with van der Waals surface area (Å²) in [6.07, 6.45) is 0.656. The van der Waals surface area contributed by atoms with Crippen molar-refractivity contribution in [3.63, 3.8) is 0 Å². The van der Waals surface area contributed by atoms with E-state index in [2.05, 4.69) is 20.9 Å². The molecular formula is C9H5BrFNO. The molecule has 0 aliphatic carbocycles. The number of nitrogens with one attached hydrogen (secondary N) is 1. The summed E-state index contributed by atoms with van der Waals surface area (Å²) in [5, 5.41) is 0.421. The molecular weight excluding hydrogens is 237 g/mol. The van der Waals surface area contributed by atoms with Crippen molar-refractivity contribution in [1.29, 1.82) is 0 Å². The Bertz CT molecular complexity index is 478. The van der Waals surface area contributed by atoms with Crippen LogP contribution in [-0.4, -0.2) is 11.3 Å². The Morgan fingerprint density at radius 1 is 1.46 bits per heavy atom. The van der Waals surface area contributed by atoms with Crippen LogP contribution in [0.3, 0.4) is 0 Å². The van der Waals surface area contributed by atoms with Gasteiger partial charge in [-0.3, -0.25) is 4.79 Å². The number of rotatable bonds is 1. The lowest BCUT2D eigenvalue weighted by Crippen LogP contribution is -1.77. The summed E-state index contributed by atoms with van der Waals surface area (Å²) in [7, 11) is 0. The van der Waals surface area contributed by atoms with Gasteiger partial charge in [-0.05, 0) is 28.1 Å². The predicted octanol–water partition coefficient (Wildman–Crippen LogP) is 2.88. The van der Waals surface area contributed by atoms with Gasteiger partial charge in [-0.15, -0.1) is 0 Å². The smallest absolute Gasteiger partial charge is 0.167 e. The molecule has 0 spiro atoms. The van der Waals surface area contributed by atoms with Crippen LogP contribution in [0, 0.1) is 5.82 Å². The van der Waals surface area contributed by atoms with Gasteiger partial charge in [0.25, 0.3) is 0 Å². The molecule has 2 nitrogen and oxygen atoms in total. The number of hydrogen-bond donors (Lipinski definition) is 1. The molecule has 4 heteroatoms. The van der Waals surface area contributed by atoms with E-state index in [-0.39, 0.29) is 5.82 Å². The minimum atomic E-state index is -0.339. The normalized spacial score (nSPS) is 10.6. The Kier molecular flexibility index (Phi) is 1.92. The SMILES string of the molecule is O=Cc1[nH]c2cccc(F)c2c1Br. The van der Waals surface area contributed by atoms with Gasteiger partial charge in [0.15, 0.2) is 6.29 Å². The van der Waals surface area contributed by atoms with Gasteiger partial charge in [0.2, 0.25) is 0 Å². The molecule has 0 unspecified atom stereocenters. The molecule has 0 amide bonds. The minimum Gasteiger partial charge on any atom is -0.351 e.